The van der Waals surface area contributed by atoms with Crippen molar-refractivity contribution in [3.05, 3.63) is 42.0 Å². The number of benzene rings is 1. The van der Waals surface area contributed by atoms with Gasteiger partial charge in [0.05, 0.1) is 6.26 Å². The van der Waals surface area contributed by atoms with E-state index in [0.717, 1.165) is 11.8 Å². The van der Waals surface area contributed by atoms with Crippen molar-refractivity contribution in [2.45, 2.75) is 0 Å². The van der Waals surface area contributed by atoms with Gasteiger partial charge in [0, 0.05) is 6.21 Å². The Hall–Kier alpha value is -1.62. The average molecular weight is 224 g/mol. The maximum Gasteiger partial charge on any atom is 0.244 e. The van der Waals surface area contributed by atoms with Crippen molar-refractivity contribution in [3.63, 3.8) is 0 Å². The molecule has 0 unspecified atom stereocenters. The quantitative estimate of drug-likeness (QED) is 0.618. The van der Waals surface area contributed by atoms with Gasteiger partial charge in [0.2, 0.25) is 10.0 Å². The molecule has 0 bridgehead atoms. The fraction of sp³-hybridized carbons (Fsp3) is 0.100. The Balaban J connectivity index is 2.48. The zero-order chi connectivity index (χ0) is 11.1. The van der Waals surface area contributed by atoms with Crippen molar-refractivity contribution >= 4 is 22.3 Å². The predicted molar refractivity (Wildman–Crippen MR) is 61.9 cm³/mol. The first-order valence-corrected chi connectivity index (χ1v) is 6.18. The van der Waals surface area contributed by atoms with Crippen LogP contribution in [0.4, 0.5) is 0 Å². The van der Waals surface area contributed by atoms with Crippen LogP contribution in [0.1, 0.15) is 5.56 Å². The van der Waals surface area contributed by atoms with E-state index in [9.17, 15) is 8.42 Å². The van der Waals surface area contributed by atoms with Crippen molar-refractivity contribution in [2.75, 3.05) is 6.26 Å². The third-order valence-electron chi connectivity index (χ3n) is 1.47. The van der Waals surface area contributed by atoms with Gasteiger partial charge in [-0.05, 0) is 11.6 Å². The van der Waals surface area contributed by atoms with E-state index in [4.69, 9.17) is 0 Å². The molecule has 0 aliphatic rings. The maximum atomic E-state index is 10.6. The molecule has 1 aromatic carbocycles. The molecule has 0 aliphatic carbocycles. The van der Waals surface area contributed by atoms with Gasteiger partial charge in [0.25, 0.3) is 0 Å². The van der Waals surface area contributed by atoms with Gasteiger partial charge in [-0.3, -0.25) is 0 Å². The first kappa shape index (κ1) is 11.5. The predicted octanol–water partition coefficient (Wildman–Crippen LogP) is 1.23. The van der Waals surface area contributed by atoms with Crippen LogP contribution in [0.5, 0.6) is 0 Å². The highest BCUT2D eigenvalue weighted by molar-refractivity contribution is 7.88. The number of hydrazone groups is 1. The lowest BCUT2D eigenvalue weighted by atomic mass is 10.2. The normalized spacial score (nSPS) is 12.3. The van der Waals surface area contributed by atoms with Gasteiger partial charge in [0.15, 0.2) is 0 Å². The van der Waals surface area contributed by atoms with Crippen LogP contribution in [0, 0.1) is 0 Å². The Morgan fingerprint density at radius 3 is 2.53 bits per heavy atom. The van der Waals surface area contributed by atoms with E-state index in [1.54, 1.807) is 6.08 Å². The third-order valence-corrected chi connectivity index (χ3v) is 1.90. The molecule has 0 atom stereocenters. The molecule has 5 heteroatoms. The van der Waals surface area contributed by atoms with E-state index >= 15 is 0 Å². The molecular formula is C10H12N2O2S. The number of hydrogen-bond acceptors (Lipinski definition) is 3. The lowest BCUT2D eigenvalue weighted by Gasteiger charge is -1.92. The minimum Gasteiger partial charge on any atom is -0.206 e. The molecule has 0 aliphatic heterocycles. The second-order valence-corrected chi connectivity index (χ2v) is 4.64. The summed E-state index contributed by atoms with van der Waals surface area (Å²) in [5.74, 6) is 0. The summed E-state index contributed by atoms with van der Waals surface area (Å²) in [7, 11) is -3.25. The van der Waals surface area contributed by atoms with Crippen LogP contribution in [-0.4, -0.2) is 20.9 Å². The number of rotatable bonds is 4. The van der Waals surface area contributed by atoms with Gasteiger partial charge in [-0.1, -0.05) is 36.4 Å². The van der Waals surface area contributed by atoms with E-state index in [0.29, 0.717) is 0 Å². The van der Waals surface area contributed by atoms with Gasteiger partial charge in [-0.25, -0.2) is 13.2 Å². The highest BCUT2D eigenvalue weighted by Crippen LogP contribution is 1.99. The van der Waals surface area contributed by atoms with E-state index < -0.39 is 10.0 Å². The molecule has 1 N–H and O–H groups in total. The summed E-state index contributed by atoms with van der Waals surface area (Å²) in [5.41, 5.74) is 1.03. The highest BCUT2D eigenvalue weighted by Gasteiger charge is 1.92. The number of nitrogens with one attached hydrogen (secondary N) is 1. The molecule has 0 heterocycles. The van der Waals surface area contributed by atoms with E-state index in [1.165, 1.54) is 6.21 Å². The molecule has 0 fully saturated rings. The smallest absolute Gasteiger partial charge is 0.206 e. The molecule has 0 amide bonds. The maximum absolute atomic E-state index is 10.6. The van der Waals surface area contributed by atoms with Crippen LogP contribution in [-0.2, 0) is 10.0 Å². The number of allylic oxidation sites excluding steroid dienone is 1. The van der Waals surface area contributed by atoms with E-state index in [1.807, 2.05) is 41.2 Å². The van der Waals surface area contributed by atoms with Crippen molar-refractivity contribution in [2.24, 2.45) is 5.10 Å². The van der Waals surface area contributed by atoms with Crippen molar-refractivity contribution in [1.82, 2.24) is 4.83 Å². The molecule has 0 radical (unpaired) electrons. The molecule has 4 nitrogen and oxygen atoms in total. The van der Waals surface area contributed by atoms with Crippen LogP contribution in [0.3, 0.4) is 0 Å². The largest absolute Gasteiger partial charge is 0.244 e. The van der Waals surface area contributed by atoms with Gasteiger partial charge in [-0.15, -0.1) is 0 Å². The van der Waals surface area contributed by atoms with Crippen LogP contribution in [0.25, 0.3) is 6.08 Å². The van der Waals surface area contributed by atoms with Gasteiger partial charge < -0.3 is 0 Å². The second kappa shape index (κ2) is 5.31. The lowest BCUT2D eigenvalue weighted by Crippen LogP contribution is -2.15. The fourth-order valence-corrected chi connectivity index (χ4v) is 1.14. The number of nitrogens with zero attached hydrogens (tertiary/aromatic N) is 1. The standard InChI is InChI=1S/C10H12N2O2S/c1-15(13,14)12-11-9-5-8-10-6-3-2-4-7-10/h2-9,12H,1H3. The summed E-state index contributed by atoms with van der Waals surface area (Å²) in [6.45, 7) is 0. The molecule has 0 aromatic heterocycles. The zero-order valence-corrected chi connectivity index (χ0v) is 9.11. The highest BCUT2D eigenvalue weighted by atomic mass is 32.2. The van der Waals surface area contributed by atoms with Crippen LogP contribution in [0.15, 0.2) is 41.5 Å². The van der Waals surface area contributed by atoms with Crippen LogP contribution >= 0.6 is 0 Å². The molecule has 1 rings (SSSR count). The van der Waals surface area contributed by atoms with Crippen LogP contribution < -0.4 is 4.83 Å². The van der Waals surface area contributed by atoms with Crippen molar-refractivity contribution < 1.29 is 8.42 Å². The second-order valence-electron chi connectivity index (χ2n) is 2.91. The topological polar surface area (TPSA) is 58.5 Å². The molecule has 0 saturated carbocycles. The zero-order valence-electron chi connectivity index (χ0n) is 8.29. The molecule has 0 spiro atoms. The Morgan fingerprint density at radius 1 is 1.27 bits per heavy atom. The molecule has 15 heavy (non-hydrogen) atoms. The summed E-state index contributed by atoms with van der Waals surface area (Å²) in [6.07, 6.45) is 5.92. The Bertz CT molecular complexity index is 450. The summed E-state index contributed by atoms with van der Waals surface area (Å²) in [5, 5.41) is 3.51. The molecule has 80 valence electrons. The van der Waals surface area contributed by atoms with Gasteiger partial charge in [0.1, 0.15) is 0 Å². The average Bonchev–Trinajstić information content (AvgIpc) is 2.17. The fourth-order valence-electron chi connectivity index (χ4n) is 0.887. The lowest BCUT2D eigenvalue weighted by molar-refractivity contribution is 0.591. The first-order valence-electron chi connectivity index (χ1n) is 4.29. The Morgan fingerprint density at radius 2 is 1.93 bits per heavy atom. The third kappa shape index (κ3) is 5.64. The summed E-state index contributed by atoms with van der Waals surface area (Å²) < 4.78 is 21.2. The van der Waals surface area contributed by atoms with E-state index in [-0.39, 0.29) is 0 Å². The molecule has 0 saturated heterocycles. The summed E-state index contributed by atoms with van der Waals surface area (Å²) in [6, 6.07) is 9.65. The molecular weight excluding hydrogens is 212 g/mol. The Kier molecular flexibility index (Phi) is 4.05. The summed E-state index contributed by atoms with van der Waals surface area (Å²) in [4.78, 5) is 2.00. The Labute approximate surface area is 89.4 Å². The van der Waals surface area contributed by atoms with E-state index in [2.05, 4.69) is 5.10 Å². The summed E-state index contributed by atoms with van der Waals surface area (Å²) >= 11 is 0. The van der Waals surface area contributed by atoms with Crippen LogP contribution in [0.2, 0.25) is 0 Å². The monoisotopic (exact) mass is 224 g/mol. The minimum absolute atomic E-state index is 1.03. The minimum atomic E-state index is -3.25. The molecule has 1 aromatic rings. The number of hydrogen-bond donors (Lipinski definition) is 1. The van der Waals surface area contributed by atoms with Gasteiger partial charge >= 0.3 is 0 Å². The van der Waals surface area contributed by atoms with Crippen molar-refractivity contribution in [1.29, 1.82) is 0 Å². The number of sulfonamides is 1. The SMILES string of the molecule is CS(=O)(=O)NN=CC=Cc1ccccc1. The first-order chi connectivity index (χ1) is 7.08. The van der Waals surface area contributed by atoms with Crippen molar-refractivity contribution in [3.8, 4) is 0 Å². The van der Waals surface area contributed by atoms with Gasteiger partial charge in [-0.2, -0.15) is 5.10 Å².